The predicted molar refractivity (Wildman–Crippen MR) is 71.6 cm³/mol. The first-order valence-corrected chi connectivity index (χ1v) is 5.99. The van der Waals surface area contributed by atoms with Crippen LogP contribution in [0.15, 0.2) is 24.3 Å². The minimum atomic E-state index is -0.961. The van der Waals surface area contributed by atoms with Crippen molar-refractivity contribution in [2.75, 3.05) is 13.2 Å². The van der Waals surface area contributed by atoms with E-state index in [9.17, 15) is 4.79 Å². The zero-order valence-electron chi connectivity index (χ0n) is 9.44. The number of benzene rings is 1. The van der Waals surface area contributed by atoms with Crippen molar-refractivity contribution in [1.29, 1.82) is 0 Å². The highest BCUT2D eigenvalue weighted by atomic mass is 35.5. The van der Waals surface area contributed by atoms with Crippen LogP contribution in [0.3, 0.4) is 0 Å². The van der Waals surface area contributed by atoms with Crippen LogP contribution < -0.4 is 5.32 Å². The summed E-state index contributed by atoms with van der Waals surface area (Å²) in [5, 5.41) is 20.8. The van der Waals surface area contributed by atoms with E-state index in [-0.39, 0.29) is 6.54 Å². The number of halogens is 2. The topological polar surface area (TPSA) is 69.6 Å². The van der Waals surface area contributed by atoms with E-state index in [4.69, 9.17) is 33.4 Å². The molecule has 0 aromatic heterocycles. The minimum Gasteiger partial charge on any atom is -0.394 e. The van der Waals surface area contributed by atoms with Gasteiger partial charge in [0.1, 0.15) is 0 Å². The highest BCUT2D eigenvalue weighted by molar-refractivity contribution is 6.42. The van der Waals surface area contributed by atoms with Crippen LogP contribution in [-0.4, -0.2) is 35.4 Å². The zero-order chi connectivity index (χ0) is 13.5. The molecule has 1 aromatic carbocycles. The van der Waals surface area contributed by atoms with E-state index in [0.717, 1.165) is 0 Å². The molecule has 0 saturated carbocycles. The third-order valence-electron chi connectivity index (χ3n) is 2.12. The fourth-order valence-corrected chi connectivity index (χ4v) is 1.53. The Labute approximate surface area is 115 Å². The summed E-state index contributed by atoms with van der Waals surface area (Å²) < 4.78 is 0. The number of aliphatic hydroxyl groups excluding tert-OH is 2. The first-order valence-electron chi connectivity index (χ1n) is 5.23. The first kappa shape index (κ1) is 15.0. The van der Waals surface area contributed by atoms with Gasteiger partial charge in [0.25, 0.3) is 0 Å². The Bertz CT molecular complexity index is 449. The summed E-state index contributed by atoms with van der Waals surface area (Å²) in [6.45, 7) is -0.410. The van der Waals surface area contributed by atoms with Crippen molar-refractivity contribution in [2.45, 2.75) is 6.10 Å². The second-order valence-electron chi connectivity index (χ2n) is 3.56. The van der Waals surface area contributed by atoms with Gasteiger partial charge in [-0.15, -0.1) is 0 Å². The van der Waals surface area contributed by atoms with Crippen molar-refractivity contribution >= 4 is 35.2 Å². The van der Waals surface area contributed by atoms with Crippen LogP contribution in [-0.2, 0) is 4.79 Å². The smallest absolute Gasteiger partial charge is 0.244 e. The highest BCUT2D eigenvalue weighted by Gasteiger charge is 2.04. The summed E-state index contributed by atoms with van der Waals surface area (Å²) in [6, 6.07) is 5.10. The molecule has 0 bridgehead atoms. The van der Waals surface area contributed by atoms with Crippen LogP contribution in [0.4, 0.5) is 0 Å². The van der Waals surface area contributed by atoms with Gasteiger partial charge in [0.05, 0.1) is 22.8 Å². The molecule has 0 spiro atoms. The molecule has 1 atom stereocenters. The van der Waals surface area contributed by atoms with Crippen LogP contribution in [0, 0.1) is 0 Å². The lowest BCUT2D eigenvalue weighted by Crippen LogP contribution is -2.32. The monoisotopic (exact) mass is 289 g/mol. The Hall–Kier alpha value is -1.07. The molecular formula is C12H13Cl2NO3. The zero-order valence-corrected chi connectivity index (χ0v) is 10.9. The lowest BCUT2D eigenvalue weighted by atomic mass is 10.2. The molecule has 1 rings (SSSR count). The van der Waals surface area contributed by atoms with E-state index in [1.54, 1.807) is 18.2 Å². The molecule has 18 heavy (non-hydrogen) atoms. The average molecular weight is 290 g/mol. The lowest BCUT2D eigenvalue weighted by Gasteiger charge is -2.06. The van der Waals surface area contributed by atoms with Gasteiger partial charge in [-0.1, -0.05) is 35.3 Å². The maximum atomic E-state index is 11.4. The SMILES string of the molecule is O=C(C=Cc1cccc(Cl)c1Cl)NCC(O)CO. The molecule has 1 aromatic rings. The molecule has 0 aliphatic heterocycles. The van der Waals surface area contributed by atoms with Gasteiger partial charge >= 0.3 is 0 Å². The lowest BCUT2D eigenvalue weighted by molar-refractivity contribution is -0.117. The fourth-order valence-electron chi connectivity index (χ4n) is 1.16. The number of hydrogen-bond donors (Lipinski definition) is 3. The van der Waals surface area contributed by atoms with Crippen molar-refractivity contribution < 1.29 is 15.0 Å². The summed E-state index contributed by atoms with van der Waals surface area (Å²) >= 11 is 11.8. The number of aliphatic hydroxyl groups is 2. The van der Waals surface area contributed by atoms with Crippen molar-refractivity contribution in [1.82, 2.24) is 5.32 Å². The van der Waals surface area contributed by atoms with Crippen molar-refractivity contribution in [3.63, 3.8) is 0 Å². The molecule has 0 aliphatic carbocycles. The summed E-state index contributed by atoms with van der Waals surface area (Å²) in [4.78, 5) is 11.4. The van der Waals surface area contributed by atoms with Crippen molar-refractivity contribution in [3.8, 4) is 0 Å². The van der Waals surface area contributed by atoms with E-state index in [1.807, 2.05) is 0 Å². The quantitative estimate of drug-likeness (QED) is 0.719. The summed E-state index contributed by atoms with van der Waals surface area (Å²) in [5.41, 5.74) is 0.627. The van der Waals surface area contributed by atoms with E-state index in [1.165, 1.54) is 12.2 Å². The molecule has 0 radical (unpaired) electrons. The van der Waals surface area contributed by atoms with Crippen LogP contribution in [0.2, 0.25) is 10.0 Å². The Kier molecular flexibility index (Phi) is 6.15. The molecule has 0 fully saturated rings. The summed E-state index contributed by atoms with van der Waals surface area (Å²) in [5.74, 6) is -0.390. The van der Waals surface area contributed by atoms with Gasteiger partial charge < -0.3 is 15.5 Å². The third-order valence-corrected chi connectivity index (χ3v) is 2.95. The summed E-state index contributed by atoms with van der Waals surface area (Å²) in [6.07, 6.45) is 1.84. The molecule has 0 aliphatic rings. The Morgan fingerprint density at radius 2 is 2.17 bits per heavy atom. The average Bonchev–Trinajstić information content (AvgIpc) is 2.37. The first-order chi connectivity index (χ1) is 8.54. The minimum absolute atomic E-state index is 0.0110. The van der Waals surface area contributed by atoms with Gasteiger partial charge in [-0.2, -0.15) is 0 Å². The molecule has 1 amide bonds. The summed E-state index contributed by atoms with van der Waals surface area (Å²) in [7, 11) is 0. The van der Waals surface area contributed by atoms with Crippen LogP contribution in [0.5, 0.6) is 0 Å². The van der Waals surface area contributed by atoms with E-state index < -0.39 is 18.6 Å². The van der Waals surface area contributed by atoms with Crippen molar-refractivity contribution in [3.05, 3.63) is 39.9 Å². The Morgan fingerprint density at radius 3 is 2.83 bits per heavy atom. The number of rotatable bonds is 5. The van der Waals surface area contributed by atoms with Crippen molar-refractivity contribution in [2.24, 2.45) is 0 Å². The van der Waals surface area contributed by atoms with Gasteiger partial charge in [-0.3, -0.25) is 4.79 Å². The standard InChI is InChI=1S/C12H13Cl2NO3/c13-10-3-1-2-8(12(10)14)4-5-11(18)15-6-9(17)7-16/h1-5,9,16-17H,6-7H2,(H,15,18). The van der Waals surface area contributed by atoms with Crippen LogP contribution >= 0.6 is 23.2 Å². The normalized spacial score (nSPS) is 12.7. The number of carbonyl (C=O) groups excluding carboxylic acids is 1. The molecule has 0 saturated heterocycles. The number of hydrogen-bond acceptors (Lipinski definition) is 3. The van der Waals surface area contributed by atoms with E-state index in [0.29, 0.717) is 15.6 Å². The van der Waals surface area contributed by atoms with E-state index >= 15 is 0 Å². The molecule has 98 valence electrons. The third kappa shape index (κ3) is 4.66. The fraction of sp³-hybridized carbons (Fsp3) is 0.250. The van der Waals surface area contributed by atoms with Gasteiger partial charge in [0, 0.05) is 12.6 Å². The maximum absolute atomic E-state index is 11.4. The number of amides is 1. The van der Waals surface area contributed by atoms with Crippen LogP contribution in [0.25, 0.3) is 6.08 Å². The van der Waals surface area contributed by atoms with Gasteiger partial charge in [0.15, 0.2) is 0 Å². The number of carbonyl (C=O) groups is 1. The highest BCUT2D eigenvalue weighted by Crippen LogP contribution is 2.26. The second-order valence-corrected chi connectivity index (χ2v) is 4.34. The van der Waals surface area contributed by atoms with Crippen LogP contribution in [0.1, 0.15) is 5.56 Å². The Balaban J connectivity index is 2.58. The van der Waals surface area contributed by atoms with Gasteiger partial charge in [-0.25, -0.2) is 0 Å². The largest absolute Gasteiger partial charge is 0.394 e. The molecule has 3 N–H and O–H groups in total. The number of nitrogens with one attached hydrogen (secondary N) is 1. The molecule has 6 heteroatoms. The molecule has 0 heterocycles. The molecular weight excluding hydrogens is 277 g/mol. The Morgan fingerprint density at radius 1 is 1.44 bits per heavy atom. The van der Waals surface area contributed by atoms with E-state index in [2.05, 4.69) is 5.32 Å². The molecule has 1 unspecified atom stereocenters. The van der Waals surface area contributed by atoms with Gasteiger partial charge in [-0.05, 0) is 17.7 Å². The van der Waals surface area contributed by atoms with Gasteiger partial charge in [0.2, 0.25) is 5.91 Å². The predicted octanol–water partition coefficient (Wildman–Crippen LogP) is 1.48. The maximum Gasteiger partial charge on any atom is 0.244 e. The second kappa shape index (κ2) is 7.38. The molecule has 4 nitrogen and oxygen atoms in total.